The molecule has 0 fully saturated rings. The summed E-state index contributed by atoms with van der Waals surface area (Å²) in [5.41, 5.74) is 1.95. The topological polar surface area (TPSA) is 67.4 Å². The first-order chi connectivity index (χ1) is 11.4. The van der Waals surface area contributed by atoms with Crippen molar-refractivity contribution in [3.05, 3.63) is 45.6 Å². The Kier molecular flexibility index (Phi) is 6.43. The molecule has 0 saturated carbocycles. The lowest BCUT2D eigenvalue weighted by Crippen LogP contribution is -2.46. The Labute approximate surface area is 151 Å². The zero-order valence-corrected chi connectivity index (χ0v) is 15.8. The Morgan fingerprint density at radius 3 is 2.67 bits per heavy atom. The maximum atomic E-state index is 12.7. The van der Waals surface area contributed by atoms with Gasteiger partial charge in [-0.2, -0.15) is 0 Å². The zero-order chi connectivity index (χ0) is 17.7. The van der Waals surface area contributed by atoms with Gasteiger partial charge in [-0.15, -0.1) is 0 Å². The van der Waals surface area contributed by atoms with Crippen LogP contribution >= 0.6 is 15.9 Å². The zero-order valence-electron chi connectivity index (χ0n) is 14.2. The fourth-order valence-corrected chi connectivity index (χ4v) is 3.14. The largest absolute Gasteiger partial charge is 0.459 e. The average Bonchev–Trinajstić information content (AvgIpc) is 2.51. The standard InChI is InChI=1S/C18H23BrN2O3/c1-4-5-10-14-15(17(22)24-11(2)3)16(21-18(23)20-14)12-8-6-7-9-13(12)19/h6-9,11,16H,4-5,10H2,1-3H3,(H2,20,21,23). The van der Waals surface area contributed by atoms with Crippen molar-refractivity contribution >= 4 is 27.9 Å². The molecule has 0 saturated heterocycles. The van der Waals surface area contributed by atoms with Crippen molar-refractivity contribution in [2.75, 3.05) is 0 Å². The number of amides is 2. The predicted octanol–water partition coefficient (Wildman–Crippen LogP) is 4.20. The van der Waals surface area contributed by atoms with Gasteiger partial charge in [-0.25, -0.2) is 9.59 Å². The van der Waals surface area contributed by atoms with Gasteiger partial charge in [0.05, 0.1) is 17.7 Å². The number of carbonyl (C=O) groups excluding carboxylic acids is 2. The van der Waals surface area contributed by atoms with Gasteiger partial charge in [-0.1, -0.05) is 47.5 Å². The van der Waals surface area contributed by atoms with Gasteiger partial charge >= 0.3 is 12.0 Å². The molecule has 1 aromatic rings. The first-order valence-corrected chi connectivity index (χ1v) is 8.99. The minimum atomic E-state index is -0.535. The van der Waals surface area contributed by atoms with Crippen molar-refractivity contribution in [1.29, 1.82) is 0 Å². The lowest BCUT2D eigenvalue weighted by molar-refractivity contribution is -0.143. The van der Waals surface area contributed by atoms with Gasteiger partial charge < -0.3 is 15.4 Å². The molecule has 1 atom stereocenters. The molecule has 1 aliphatic heterocycles. The molecule has 2 N–H and O–H groups in total. The van der Waals surface area contributed by atoms with Crippen LogP contribution in [0.25, 0.3) is 0 Å². The highest BCUT2D eigenvalue weighted by molar-refractivity contribution is 9.10. The van der Waals surface area contributed by atoms with Gasteiger partial charge in [-0.05, 0) is 38.3 Å². The van der Waals surface area contributed by atoms with Gasteiger partial charge in [0, 0.05) is 10.2 Å². The van der Waals surface area contributed by atoms with Crippen LogP contribution in [0.1, 0.15) is 51.6 Å². The van der Waals surface area contributed by atoms with Gasteiger partial charge in [0.2, 0.25) is 0 Å². The van der Waals surface area contributed by atoms with Gasteiger partial charge in [-0.3, -0.25) is 0 Å². The first-order valence-electron chi connectivity index (χ1n) is 8.20. The molecular formula is C18H23BrN2O3. The van der Waals surface area contributed by atoms with E-state index in [2.05, 4.69) is 33.5 Å². The molecule has 2 amide bonds. The normalized spacial score (nSPS) is 17.5. The van der Waals surface area contributed by atoms with Crippen molar-refractivity contribution in [2.24, 2.45) is 0 Å². The Balaban J connectivity index is 2.50. The molecular weight excluding hydrogens is 372 g/mol. The number of carbonyl (C=O) groups is 2. The van der Waals surface area contributed by atoms with Crippen LogP contribution < -0.4 is 10.6 Å². The van der Waals surface area contributed by atoms with Crippen LogP contribution in [0.5, 0.6) is 0 Å². The molecule has 0 aliphatic carbocycles. The summed E-state index contributed by atoms with van der Waals surface area (Å²) in [5.74, 6) is -0.399. The summed E-state index contributed by atoms with van der Waals surface area (Å²) in [6.45, 7) is 5.69. The van der Waals surface area contributed by atoms with Crippen LogP contribution in [-0.4, -0.2) is 18.1 Å². The number of hydrogen-bond donors (Lipinski definition) is 2. The van der Waals surface area contributed by atoms with E-state index in [9.17, 15) is 9.59 Å². The average molecular weight is 395 g/mol. The summed E-state index contributed by atoms with van der Waals surface area (Å²) in [6, 6.07) is 6.71. The number of nitrogens with one attached hydrogen (secondary N) is 2. The Morgan fingerprint density at radius 2 is 2.04 bits per heavy atom. The van der Waals surface area contributed by atoms with Crippen molar-refractivity contribution < 1.29 is 14.3 Å². The number of benzene rings is 1. The number of rotatable bonds is 6. The number of urea groups is 1. The number of allylic oxidation sites excluding steroid dienone is 1. The van der Waals surface area contributed by atoms with E-state index >= 15 is 0 Å². The second-order valence-corrected chi connectivity index (χ2v) is 6.86. The highest BCUT2D eigenvalue weighted by Gasteiger charge is 2.34. The molecule has 1 aromatic carbocycles. The third-order valence-corrected chi connectivity index (χ3v) is 4.44. The summed E-state index contributed by atoms with van der Waals surface area (Å²) in [7, 11) is 0. The molecule has 130 valence electrons. The van der Waals surface area contributed by atoms with Gasteiger partial charge in [0.15, 0.2) is 0 Å². The van der Waals surface area contributed by atoms with E-state index < -0.39 is 12.0 Å². The Bertz CT molecular complexity index is 655. The smallest absolute Gasteiger partial charge is 0.338 e. The SMILES string of the molecule is CCCCC1=C(C(=O)OC(C)C)C(c2ccccc2Br)NC(=O)N1. The van der Waals surface area contributed by atoms with Crippen LogP contribution in [0.2, 0.25) is 0 Å². The quantitative estimate of drug-likeness (QED) is 0.710. The van der Waals surface area contributed by atoms with E-state index in [0.717, 1.165) is 22.9 Å². The van der Waals surface area contributed by atoms with E-state index in [4.69, 9.17) is 4.74 Å². The molecule has 2 rings (SSSR count). The summed E-state index contributed by atoms with van der Waals surface area (Å²) in [6.07, 6.45) is 2.26. The second-order valence-electron chi connectivity index (χ2n) is 6.00. The van der Waals surface area contributed by atoms with E-state index in [1.807, 2.05) is 38.1 Å². The lowest BCUT2D eigenvalue weighted by Gasteiger charge is -2.30. The predicted molar refractivity (Wildman–Crippen MR) is 96.3 cm³/mol. The Hall–Kier alpha value is -1.82. The fourth-order valence-electron chi connectivity index (χ4n) is 2.63. The van der Waals surface area contributed by atoms with Crippen molar-refractivity contribution in [3.8, 4) is 0 Å². The van der Waals surface area contributed by atoms with Gasteiger partial charge in [0.1, 0.15) is 0 Å². The van der Waals surface area contributed by atoms with Crippen molar-refractivity contribution in [1.82, 2.24) is 10.6 Å². The number of ether oxygens (including phenoxy) is 1. The van der Waals surface area contributed by atoms with E-state index in [-0.39, 0.29) is 12.1 Å². The van der Waals surface area contributed by atoms with Crippen molar-refractivity contribution in [2.45, 2.75) is 52.2 Å². The van der Waals surface area contributed by atoms with Crippen LogP contribution in [0.3, 0.4) is 0 Å². The lowest BCUT2D eigenvalue weighted by atomic mass is 9.93. The molecule has 24 heavy (non-hydrogen) atoms. The monoisotopic (exact) mass is 394 g/mol. The highest BCUT2D eigenvalue weighted by atomic mass is 79.9. The maximum Gasteiger partial charge on any atom is 0.338 e. The number of esters is 1. The molecule has 0 bridgehead atoms. The number of hydrogen-bond acceptors (Lipinski definition) is 3. The molecule has 0 radical (unpaired) electrons. The van der Waals surface area contributed by atoms with Crippen LogP contribution in [0.4, 0.5) is 4.79 Å². The molecule has 0 spiro atoms. The number of unbranched alkanes of at least 4 members (excludes halogenated alkanes) is 1. The summed E-state index contributed by atoms with van der Waals surface area (Å²) in [5, 5.41) is 5.63. The first kappa shape index (κ1) is 18.5. The molecule has 1 aliphatic rings. The third kappa shape index (κ3) is 4.38. The highest BCUT2D eigenvalue weighted by Crippen LogP contribution is 2.33. The molecule has 6 heteroatoms. The summed E-state index contributed by atoms with van der Waals surface area (Å²) in [4.78, 5) is 24.8. The maximum absolute atomic E-state index is 12.7. The second kappa shape index (κ2) is 8.33. The van der Waals surface area contributed by atoms with Gasteiger partial charge in [0.25, 0.3) is 0 Å². The van der Waals surface area contributed by atoms with Crippen LogP contribution in [-0.2, 0) is 9.53 Å². The molecule has 5 nitrogen and oxygen atoms in total. The minimum absolute atomic E-state index is 0.227. The Morgan fingerprint density at radius 1 is 1.33 bits per heavy atom. The van der Waals surface area contributed by atoms with Crippen LogP contribution in [0, 0.1) is 0 Å². The molecule has 0 aromatic heterocycles. The van der Waals surface area contributed by atoms with E-state index in [0.29, 0.717) is 17.7 Å². The van der Waals surface area contributed by atoms with Crippen molar-refractivity contribution in [3.63, 3.8) is 0 Å². The third-order valence-electron chi connectivity index (χ3n) is 3.71. The minimum Gasteiger partial charge on any atom is -0.459 e. The molecule has 1 heterocycles. The number of halogens is 1. The fraction of sp³-hybridized carbons (Fsp3) is 0.444. The van der Waals surface area contributed by atoms with Crippen LogP contribution in [0.15, 0.2) is 40.0 Å². The summed E-state index contributed by atoms with van der Waals surface area (Å²) < 4.78 is 6.26. The summed E-state index contributed by atoms with van der Waals surface area (Å²) >= 11 is 3.51. The van der Waals surface area contributed by atoms with E-state index in [1.54, 1.807) is 0 Å². The molecule has 1 unspecified atom stereocenters. The van der Waals surface area contributed by atoms with E-state index in [1.165, 1.54) is 0 Å².